The lowest BCUT2D eigenvalue weighted by molar-refractivity contribution is -0.136. The van der Waals surface area contributed by atoms with Crippen LogP contribution in [0.1, 0.15) is 27.2 Å². The highest BCUT2D eigenvalue weighted by Gasteiger charge is 2.31. The summed E-state index contributed by atoms with van der Waals surface area (Å²) >= 11 is 11.9. The summed E-state index contributed by atoms with van der Waals surface area (Å²) in [7, 11) is 0. The van der Waals surface area contributed by atoms with Crippen molar-refractivity contribution >= 4 is 40.8 Å². The smallest absolute Gasteiger partial charge is 0.319 e. The third-order valence-electron chi connectivity index (χ3n) is 5.07. The number of carbonyl (C=O) groups is 2. The number of carbonyl (C=O) groups excluding carboxylic acids is 2. The van der Waals surface area contributed by atoms with Crippen LogP contribution < -0.4 is 10.6 Å². The van der Waals surface area contributed by atoms with Gasteiger partial charge in [-0.2, -0.15) is 0 Å². The summed E-state index contributed by atoms with van der Waals surface area (Å²) in [5.41, 5.74) is 0.522. The van der Waals surface area contributed by atoms with Gasteiger partial charge in [0.2, 0.25) is 5.91 Å². The lowest BCUT2D eigenvalue weighted by Crippen LogP contribution is -2.57. The van der Waals surface area contributed by atoms with Crippen LogP contribution in [-0.4, -0.2) is 60.5 Å². The molecule has 6 nitrogen and oxygen atoms in total. The Labute approximate surface area is 171 Å². The quantitative estimate of drug-likeness (QED) is 0.745. The van der Waals surface area contributed by atoms with Crippen molar-refractivity contribution in [1.82, 2.24) is 15.1 Å². The first-order valence-corrected chi connectivity index (χ1v) is 10.1. The molecule has 3 amide bonds. The number of urea groups is 1. The van der Waals surface area contributed by atoms with E-state index in [2.05, 4.69) is 22.5 Å². The van der Waals surface area contributed by atoms with Crippen molar-refractivity contribution in [3.05, 3.63) is 28.2 Å². The molecule has 0 aromatic heterocycles. The van der Waals surface area contributed by atoms with E-state index in [0.29, 0.717) is 28.8 Å². The Morgan fingerprint density at radius 3 is 2.33 bits per heavy atom. The van der Waals surface area contributed by atoms with Gasteiger partial charge >= 0.3 is 6.03 Å². The number of piperazine rings is 1. The Bertz CT molecular complexity index is 663. The van der Waals surface area contributed by atoms with E-state index in [9.17, 15) is 9.59 Å². The minimum Gasteiger partial charge on any atom is -0.338 e. The van der Waals surface area contributed by atoms with Crippen molar-refractivity contribution in [2.24, 2.45) is 5.92 Å². The monoisotopic (exact) mass is 414 g/mol. The molecule has 2 unspecified atom stereocenters. The molecular weight excluding hydrogens is 387 g/mol. The van der Waals surface area contributed by atoms with Crippen LogP contribution in [0.3, 0.4) is 0 Å². The van der Waals surface area contributed by atoms with Gasteiger partial charge in [-0.05, 0) is 30.7 Å². The number of halogens is 2. The van der Waals surface area contributed by atoms with Crippen LogP contribution in [0.15, 0.2) is 18.2 Å². The zero-order valence-corrected chi connectivity index (χ0v) is 17.6. The fraction of sp³-hybridized carbons (Fsp3) is 0.579. The first kappa shape index (κ1) is 21.8. The van der Waals surface area contributed by atoms with Crippen LogP contribution in [0.25, 0.3) is 0 Å². The second kappa shape index (κ2) is 10.2. The minimum atomic E-state index is -0.564. The molecule has 2 atom stereocenters. The number of likely N-dealkylation sites (N-methyl/N-ethyl adjacent to an activating group) is 1. The normalized spacial score (nSPS) is 17.3. The molecule has 0 aliphatic carbocycles. The second-order valence-corrected chi connectivity index (χ2v) is 7.66. The van der Waals surface area contributed by atoms with Crippen LogP contribution >= 0.6 is 23.2 Å². The number of rotatable bonds is 6. The van der Waals surface area contributed by atoms with Crippen LogP contribution in [0.5, 0.6) is 0 Å². The van der Waals surface area contributed by atoms with E-state index in [0.717, 1.165) is 26.1 Å². The Balaban J connectivity index is 2.01. The average molecular weight is 415 g/mol. The van der Waals surface area contributed by atoms with Gasteiger partial charge in [0.05, 0.1) is 10.0 Å². The summed E-state index contributed by atoms with van der Waals surface area (Å²) in [5.74, 6) is 0.00523. The molecule has 1 aliphatic rings. The fourth-order valence-corrected chi connectivity index (χ4v) is 3.34. The van der Waals surface area contributed by atoms with Gasteiger partial charge in [0.25, 0.3) is 0 Å². The molecular formula is C19H28Cl2N4O2. The number of benzene rings is 1. The zero-order chi connectivity index (χ0) is 20.0. The van der Waals surface area contributed by atoms with Gasteiger partial charge in [-0.3, -0.25) is 4.79 Å². The van der Waals surface area contributed by atoms with Crippen molar-refractivity contribution in [2.45, 2.75) is 33.2 Å². The predicted molar refractivity (Wildman–Crippen MR) is 111 cm³/mol. The minimum absolute atomic E-state index is 0.0237. The molecule has 2 rings (SSSR count). The van der Waals surface area contributed by atoms with Crippen molar-refractivity contribution in [3.63, 3.8) is 0 Å². The molecule has 0 saturated carbocycles. The highest BCUT2D eigenvalue weighted by Crippen LogP contribution is 2.25. The van der Waals surface area contributed by atoms with E-state index in [1.165, 1.54) is 0 Å². The lowest BCUT2D eigenvalue weighted by atomic mass is 9.97. The number of hydrogen-bond donors (Lipinski definition) is 2. The van der Waals surface area contributed by atoms with Crippen LogP contribution in [0, 0.1) is 5.92 Å². The van der Waals surface area contributed by atoms with Gasteiger partial charge in [-0.1, -0.05) is 50.4 Å². The summed E-state index contributed by atoms with van der Waals surface area (Å²) in [5, 5.41) is 6.34. The van der Waals surface area contributed by atoms with E-state index >= 15 is 0 Å². The maximum atomic E-state index is 13.0. The summed E-state index contributed by atoms with van der Waals surface area (Å²) in [6.45, 7) is 10.2. The second-order valence-electron chi connectivity index (χ2n) is 6.85. The maximum Gasteiger partial charge on any atom is 0.319 e. The van der Waals surface area contributed by atoms with E-state index in [1.807, 2.05) is 18.7 Å². The van der Waals surface area contributed by atoms with Gasteiger partial charge in [0.15, 0.2) is 0 Å². The molecule has 1 aliphatic heterocycles. The third-order valence-corrected chi connectivity index (χ3v) is 5.81. The van der Waals surface area contributed by atoms with Crippen molar-refractivity contribution in [3.8, 4) is 0 Å². The van der Waals surface area contributed by atoms with Gasteiger partial charge in [-0.25, -0.2) is 4.79 Å². The zero-order valence-electron chi connectivity index (χ0n) is 16.1. The predicted octanol–water partition coefficient (Wildman–Crippen LogP) is 3.69. The first-order valence-electron chi connectivity index (χ1n) is 9.39. The molecule has 1 aromatic carbocycles. The first-order chi connectivity index (χ1) is 12.8. The van der Waals surface area contributed by atoms with Crippen molar-refractivity contribution in [2.75, 3.05) is 38.0 Å². The summed E-state index contributed by atoms with van der Waals surface area (Å²) < 4.78 is 0. The van der Waals surface area contributed by atoms with Gasteiger partial charge in [0.1, 0.15) is 6.04 Å². The number of hydrogen-bond acceptors (Lipinski definition) is 3. The van der Waals surface area contributed by atoms with Crippen LogP contribution in [-0.2, 0) is 4.79 Å². The van der Waals surface area contributed by atoms with Crippen molar-refractivity contribution in [1.29, 1.82) is 0 Å². The summed E-state index contributed by atoms with van der Waals surface area (Å²) in [4.78, 5) is 29.6. The van der Waals surface area contributed by atoms with Crippen molar-refractivity contribution < 1.29 is 9.59 Å². The summed E-state index contributed by atoms with van der Waals surface area (Å²) in [6.07, 6.45) is 0.790. The Morgan fingerprint density at radius 1 is 1.11 bits per heavy atom. The van der Waals surface area contributed by atoms with Gasteiger partial charge < -0.3 is 20.4 Å². The van der Waals surface area contributed by atoms with E-state index in [-0.39, 0.29) is 11.8 Å². The fourth-order valence-electron chi connectivity index (χ4n) is 3.05. The molecule has 0 bridgehead atoms. The number of amides is 3. The molecule has 2 N–H and O–H groups in total. The van der Waals surface area contributed by atoms with E-state index < -0.39 is 12.1 Å². The number of anilines is 1. The number of nitrogens with one attached hydrogen (secondary N) is 2. The topological polar surface area (TPSA) is 64.7 Å². The lowest BCUT2D eigenvalue weighted by Gasteiger charge is -2.37. The van der Waals surface area contributed by atoms with Crippen LogP contribution in [0.2, 0.25) is 10.0 Å². The molecule has 27 heavy (non-hydrogen) atoms. The maximum absolute atomic E-state index is 13.0. The molecule has 1 saturated heterocycles. The summed E-state index contributed by atoms with van der Waals surface area (Å²) in [6, 6.07) is 3.86. The molecule has 0 radical (unpaired) electrons. The average Bonchev–Trinajstić information content (AvgIpc) is 2.68. The standard InChI is InChI=1S/C19H28Cl2N4O2/c1-4-13(3)17(18(26)25-10-8-24(5-2)9-11-25)23-19(27)22-14-6-7-15(20)16(21)12-14/h6-7,12-13,17H,4-5,8-11H2,1-3H3,(H2,22,23,27). The Kier molecular flexibility index (Phi) is 8.20. The Morgan fingerprint density at radius 2 is 1.78 bits per heavy atom. The SMILES string of the molecule is CCC(C)C(NC(=O)Nc1ccc(Cl)c(Cl)c1)C(=O)N1CCN(CC)CC1. The highest BCUT2D eigenvalue weighted by atomic mass is 35.5. The molecule has 150 valence electrons. The van der Waals surface area contributed by atoms with E-state index in [1.54, 1.807) is 18.2 Å². The molecule has 1 fully saturated rings. The van der Waals surface area contributed by atoms with Crippen LogP contribution in [0.4, 0.5) is 10.5 Å². The third kappa shape index (κ3) is 5.99. The number of nitrogens with zero attached hydrogens (tertiary/aromatic N) is 2. The molecule has 1 aromatic rings. The van der Waals surface area contributed by atoms with Gasteiger partial charge in [-0.15, -0.1) is 0 Å². The van der Waals surface area contributed by atoms with Gasteiger partial charge in [0, 0.05) is 31.9 Å². The molecule has 1 heterocycles. The largest absolute Gasteiger partial charge is 0.338 e. The molecule has 8 heteroatoms. The Hall–Kier alpha value is -1.50. The molecule has 0 spiro atoms. The highest BCUT2D eigenvalue weighted by molar-refractivity contribution is 6.42. The van der Waals surface area contributed by atoms with E-state index in [4.69, 9.17) is 23.2 Å².